The number of anilines is 1. The van der Waals surface area contributed by atoms with Crippen molar-refractivity contribution in [1.29, 1.82) is 0 Å². The number of thiazole rings is 1. The zero-order valence-corrected chi connectivity index (χ0v) is 15.9. The van der Waals surface area contributed by atoms with Gasteiger partial charge < -0.3 is 20.0 Å². The summed E-state index contributed by atoms with van der Waals surface area (Å²) in [5.74, 6) is 0.310. The highest BCUT2D eigenvalue weighted by molar-refractivity contribution is 7.15. The second kappa shape index (κ2) is 6.88. The lowest BCUT2D eigenvalue weighted by molar-refractivity contribution is -0.389. The Kier molecular flexibility index (Phi) is 4.41. The number of nitrogens with zero attached hydrogens (tertiary/aromatic N) is 4. The predicted octanol–water partition coefficient (Wildman–Crippen LogP) is 4.37. The Bertz CT molecular complexity index is 1110. The molecule has 0 fully saturated rings. The van der Waals surface area contributed by atoms with Crippen molar-refractivity contribution in [3.63, 3.8) is 0 Å². The van der Waals surface area contributed by atoms with Gasteiger partial charge in [0, 0.05) is 29.0 Å². The van der Waals surface area contributed by atoms with E-state index in [2.05, 4.69) is 46.9 Å². The number of hydrogen-bond donors (Lipinski definition) is 1. The third-order valence-corrected chi connectivity index (χ3v) is 5.40. The second-order valence-corrected chi connectivity index (χ2v) is 7.21. The zero-order valence-electron chi connectivity index (χ0n) is 15.0. The van der Waals surface area contributed by atoms with Gasteiger partial charge in [0.1, 0.15) is 6.20 Å². The van der Waals surface area contributed by atoms with Crippen LogP contribution in [0.2, 0.25) is 0 Å². The molecule has 0 aliphatic heterocycles. The molecular weight excluding hydrogens is 362 g/mol. The van der Waals surface area contributed by atoms with E-state index in [9.17, 15) is 10.1 Å². The van der Waals surface area contributed by atoms with Gasteiger partial charge in [-0.25, -0.2) is 0 Å². The number of nitrogens with one attached hydrogen (secondary N) is 1. The first-order valence-corrected chi connectivity index (χ1v) is 9.51. The normalized spacial score (nSPS) is 11.2. The molecule has 0 saturated heterocycles. The van der Waals surface area contributed by atoms with Crippen molar-refractivity contribution in [2.75, 3.05) is 11.9 Å². The summed E-state index contributed by atoms with van der Waals surface area (Å²) in [6.45, 7) is 4.76. The highest BCUT2D eigenvalue weighted by atomic mass is 32.1. The zero-order chi connectivity index (χ0) is 19.0. The molecule has 0 saturated carbocycles. The molecule has 1 N–H and O–H groups in total. The summed E-state index contributed by atoms with van der Waals surface area (Å²) >= 11 is 1.38. The van der Waals surface area contributed by atoms with Gasteiger partial charge >= 0.3 is 5.82 Å². The van der Waals surface area contributed by atoms with E-state index in [1.54, 1.807) is 11.6 Å². The first-order chi connectivity index (χ1) is 13.1. The van der Waals surface area contributed by atoms with E-state index in [0.29, 0.717) is 17.3 Å². The van der Waals surface area contributed by atoms with E-state index in [1.807, 2.05) is 18.2 Å². The van der Waals surface area contributed by atoms with Crippen molar-refractivity contribution in [1.82, 2.24) is 14.0 Å². The monoisotopic (exact) mass is 381 g/mol. The highest BCUT2D eigenvalue weighted by Crippen LogP contribution is 2.28. The Morgan fingerprint density at radius 1 is 1.26 bits per heavy atom. The van der Waals surface area contributed by atoms with Gasteiger partial charge in [-0.1, -0.05) is 29.5 Å². The number of para-hydroxylation sites is 1. The fraction of sp³-hybridized carbons (Fsp3) is 0.211. The molecule has 8 heteroatoms. The number of hydrogen-bond acceptors (Lipinski definition) is 5. The summed E-state index contributed by atoms with van der Waals surface area (Å²) in [4.78, 5) is 16.0. The van der Waals surface area contributed by atoms with E-state index in [-0.39, 0.29) is 5.82 Å². The van der Waals surface area contributed by atoms with Crippen LogP contribution < -0.4 is 5.32 Å². The molecule has 3 aromatic heterocycles. The summed E-state index contributed by atoms with van der Waals surface area (Å²) in [7, 11) is 0. The third-order valence-electron chi connectivity index (χ3n) is 4.65. The quantitative estimate of drug-likeness (QED) is 0.397. The van der Waals surface area contributed by atoms with Crippen molar-refractivity contribution in [3.8, 4) is 5.69 Å². The minimum Gasteiger partial charge on any atom is -0.363 e. The number of fused-ring (bicyclic) bond motifs is 1. The Morgan fingerprint density at radius 3 is 2.78 bits per heavy atom. The topological polar surface area (TPSA) is 77.4 Å². The lowest BCUT2D eigenvalue weighted by Crippen LogP contribution is -2.08. The van der Waals surface area contributed by atoms with Gasteiger partial charge in [0.2, 0.25) is 5.82 Å². The van der Waals surface area contributed by atoms with E-state index >= 15 is 0 Å². The molecule has 0 spiro atoms. The van der Waals surface area contributed by atoms with Gasteiger partial charge in [0.15, 0.2) is 0 Å². The van der Waals surface area contributed by atoms with Crippen LogP contribution in [0.15, 0.2) is 48.0 Å². The second-order valence-electron chi connectivity index (χ2n) is 6.34. The van der Waals surface area contributed by atoms with Crippen LogP contribution in [0.1, 0.15) is 17.0 Å². The van der Waals surface area contributed by atoms with E-state index < -0.39 is 4.92 Å². The number of rotatable bonds is 6. The largest absolute Gasteiger partial charge is 0.372 e. The molecule has 0 unspecified atom stereocenters. The molecule has 0 aliphatic carbocycles. The lowest BCUT2D eigenvalue weighted by atomic mass is 10.2. The molecule has 4 aromatic rings. The summed E-state index contributed by atoms with van der Waals surface area (Å²) in [6, 6.07) is 12.4. The number of aromatic nitrogens is 3. The fourth-order valence-corrected chi connectivity index (χ4v) is 4.15. The van der Waals surface area contributed by atoms with Gasteiger partial charge in [-0.05, 0) is 49.0 Å². The molecule has 7 nitrogen and oxygen atoms in total. The summed E-state index contributed by atoms with van der Waals surface area (Å²) in [6.07, 6.45) is 2.43. The van der Waals surface area contributed by atoms with E-state index in [1.165, 1.54) is 32.7 Å². The molecular formula is C19H19N5O2S. The number of nitro groups is 1. The van der Waals surface area contributed by atoms with Crippen LogP contribution in [0.4, 0.5) is 11.6 Å². The molecule has 0 amide bonds. The number of aryl methyl sites for hydroxylation is 1. The fourth-order valence-electron chi connectivity index (χ4n) is 3.44. The van der Waals surface area contributed by atoms with Gasteiger partial charge in [0.25, 0.3) is 4.96 Å². The average Bonchev–Trinajstić information content (AvgIpc) is 3.29. The van der Waals surface area contributed by atoms with Gasteiger partial charge in [-0.2, -0.15) is 9.38 Å². The Morgan fingerprint density at radius 2 is 2.04 bits per heavy atom. The van der Waals surface area contributed by atoms with Gasteiger partial charge in [-0.3, -0.25) is 0 Å². The van der Waals surface area contributed by atoms with E-state index in [4.69, 9.17) is 0 Å². The maximum atomic E-state index is 11.4. The van der Waals surface area contributed by atoms with Gasteiger partial charge in [-0.15, -0.1) is 0 Å². The molecule has 1 aromatic carbocycles. The van der Waals surface area contributed by atoms with Crippen molar-refractivity contribution in [3.05, 3.63) is 75.0 Å². The molecule has 0 radical (unpaired) electrons. The van der Waals surface area contributed by atoms with E-state index in [0.717, 1.165) is 12.1 Å². The van der Waals surface area contributed by atoms with Crippen LogP contribution in [0.3, 0.4) is 0 Å². The standard InChI is InChI=1S/C19H19N5O2S/c1-13-12-15(14(2)23(13)16-6-4-3-5-7-16)8-9-20-17-18(24(25)26)22-10-11-27-19(22)21-17/h3-7,10-12,20H,8-9H2,1-2H3. The smallest absolute Gasteiger partial charge is 0.363 e. The first kappa shape index (κ1) is 17.3. The van der Waals surface area contributed by atoms with Crippen molar-refractivity contribution >= 4 is 27.9 Å². The Labute approximate surface area is 160 Å². The maximum Gasteiger partial charge on any atom is 0.372 e. The minimum absolute atomic E-state index is 0.0130. The number of imidazole rings is 1. The number of benzene rings is 1. The van der Waals surface area contributed by atoms with Crippen LogP contribution in [-0.4, -0.2) is 25.4 Å². The average molecular weight is 381 g/mol. The molecule has 27 heavy (non-hydrogen) atoms. The summed E-state index contributed by atoms with van der Waals surface area (Å²) in [5.41, 5.74) is 4.70. The SMILES string of the molecule is Cc1cc(CCNc2nc3sccn3c2[N+](=O)[O-])c(C)n1-c1ccccc1. The molecule has 0 atom stereocenters. The van der Waals surface area contributed by atoms with Crippen molar-refractivity contribution < 1.29 is 4.92 Å². The van der Waals surface area contributed by atoms with Gasteiger partial charge in [0.05, 0.1) is 0 Å². The minimum atomic E-state index is -0.393. The van der Waals surface area contributed by atoms with Crippen LogP contribution in [-0.2, 0) is 6.42 Å². The third kappa shape index (κ3) is 3.08. The molecule has 138 valence electrons. The molecule has 0 bridgehead atoms. The highest BCUT2D eigenvalue weighted by Gasteiger charge is 2.23. The molecule has 3 heterocycles. The summed E-state index contributed by atoms with van der Waals surface area (Å²) < 4.78 is 3.73. The Hall–Kier alpha value is -3.13. The van der Waals surface area contributed by atoms with Crippen molar-refractivity contribution in [2.45, 2.75) is 20.3 Å². The lowest BCUT2D eigenvalue weighted by Gasteiger charge is -2.10. The van der Waals surface area contributed by atoms with Crippen LogP contribution in [0.25, 0.3) is 10.6 Å². The van der Waals surface area contributed by atoms with Crippen LogP contribution in [0.5, 0.6) is 0 Å². The van der Waals surface area contributed by atoms with Crippen molar-refractivity contribution in [2.24, 2.45) is 0 Å². The maximum absolute atomic E-state index is 11.4. The predicted molar refractivity (Wildman–Crippen MR) is 107 cm³/mol. The molecule has 0 aliphatic rings. The summed E-state index contributed by atoms with van der Waals surface area (Å²) in [5, 5.41) is 16.3. The molecule has 4 rings (SSSR count). The van der Waals surface area contributed by atoms with Crippen LogP contribution >= 0.6 is 11.3 Å². The Balaban J connectivity index is 1.53. The first-order valence-electron chi connectivity index (χ1n) is 8.63. The van der Waals surface area contributed by atoms with Crippen LogP contribution in [0, 0.1) is 24.0 Å².